The molecule has 22 heavy (non-hydrogen) atoms. The zero-order valence-electron chi connectivity index (χ0n) is 13.7. The highest BCUT2D eigenvalue weighted by Gasteiger charge is 2.32. The van der Waals surface area contributed by atoms with Crippen molar-refractivity contribution in [2.24, 2.45) is 0 Å². The van der Waals surface area contributed by atoms with Crippen LogP contribution in [0.5, 0.6) is 0 Å². The first-order chi connectivity index (χ1) is 10.6. The van der Waals surface area contributed by atoms with E-state index in [0.29, 0.717) is 6.54 Å². The van der Waals surface area contributed by atoms with E-state index in [4.69, 9.17) is 4.74 Å². The molecule has 0 saturated carbocycles. The molecule has 2 aliphatic heterocycles. The molecular formula is C17H26N2O2S. The maximum absolute atomic E-state index is 12.8. The summed E-state index contributed by atoms with van der Waals surface area (Å²) in [5.41, 5.74) is 1.37. The van der Waals surface area contributed by atoms with Crippen LogP contribution in [-0.4, -0.2) is 54.1 Å². The van der Waals surface area contributed by atoms with Gasteiger partial charge in [-0.15, -0.1) is 11.3 Å². The average molecular weight is 322 g/mol. The Morgan fingerprint density at radius 1 is 1.36 bits per heavy atom. The van der Waals surface area contributed by atoms with Crippen molar-refractivity contribution >= 4 is 17.2 Å². The number of thiophene rings is 1. The van der Waals surface area contributed by atoms with Crippen molar-refractivity contribution in [1.82, 2.24) is 9.80 Å². The number of hydrogen-bond acceptors (Lipinski definition) is 4. The second-order valence-corrected chi connectivity index (χ2v) is 7.51. The van der Waals surface area contributed by atoms with Crippen molar-refractivity contribution in [3.8, 4) is 0 Å². The van der Waals surface area contributed by atoms with E-state index in [1.807, 2.05) is 11.3 Å². The Bertz CT molecular complexity index is 520. The third kappa shape index (κ3) is 3.21. The topological polar surface area (TPSA) is 32.8 Å². The van der Waals surface area contributed by atoms with E-state index in [1.165, 1.54) is 10.4 Å². The normalized spacial score (nSPS) is 29.4. The van der Waals surface area contributed by atoms with Crippen LogP contribution in [0.1, 0.15) is 43.7 Å². The standard InChI is InChI=1S/C17H26N2O2S/c1-4-15-14-6-8-22-16(14)5-7-19(15)17(20)11-18-9-12(2)21-13(3)10-18/h6,8,12-13,15H,4-5,7,9-11H2,1-3H3. The lowest BCUT2D eigenvalue weighted by atomic mass is 9.97. The summed E-state index contributed by atoms with van der Waals surface area (Å²) in [6.45, 7) is 9.43. The Labute approximate surface area is 137 Å². The molecule has 3 atom stereocenters. The van der Waals surface area contributed by atoms with Crippen molar-refractivity contribution < 1.29 is 9.53 Å². The molecule has 122 valence electrons. The molecule has 1 fully saturated rings. The van der Waals surface area contributed by atoms with Crippen molar-refractivity contribution in [3.63, 3.8) is 0 Å². The monoisotopic (exact) mass is 322 g/mol. The third-order valence-electron chi connectivity index (χ3n) is 4.66. The number of hydrogen-bond donors (Lipinski definition) is 0. The molecule has 0 bridgehead atoms. The first kappa shape index (κ1) is 16.0. The predicted molar refractivity (Wildman–Crippen MR) is 89.2 cm³/mol. The highest BCUT2D eigenvalue weighted by atomic mass is 32.1. The third-order valence-corrected chi connectivity index (χ3v) is 5.65. The number of carbonyl (C=O) groups is 1. The molecule has 0 spiro atoms. The van der Waals surface area contributed by atoms with Gasteiger partial charge in [-0.2, -0.15) is 0 Å². The molecule has 1 aromatic rings. The molecular weight excluding hydrogens is 296 g/mol. The van der Waals surface area contributed by atoms with Gasteiger partial charge in [0.15, 0.2) is 0 Å². The Kier molecular flexibility index (Phi) is 4.85. The lowest BCUT2D eigenvalue weighted by Crippen LogP contribution is -2.51. The first-order valence-electron chi connectivity index (χ1n) is 8.32. The summed E-state index contributed by atoms with van der Waals surface area (Å²) < 4.78 is 5.76. The largest absolute Gasteiger partial charge is 0.373 e. The summed E-state index contributed by atoms with van der Waals surface area (Å²) in [4.78, 5) is 18.6. The van der Waals surface area contributed by atoms with Gasteiger partial charge in [-0.05, 0) is 43.7 Å². The lowest BCUT2D eigenvalue weighted by Gasteiger charge is -2.39. The highest BCUT2D eigenvalue weighted by molar-refractivity contribution is 7.10. The number of morpholine rings is 1. The van der Waals surface area contributed by atoms with Gasteiger partial charge in [0.25, 0.3) is 0 Å². The summed E-state index contributed by atoms with van der Waals surface area (Å²) in [6, 6.07) is 2.46. The van der Waals surface area contributed by atoms with E-state index < -0.39 is 0 Å². The predicted octanol–water partition coefficient (Wildman–Crippen LogP) is 2.69. The van der Waals surface area contributed by atoms with Crippen LogP contribution in [0.15, 0.2) is 11.4 Å². The van der Waals surface area contributed by atoms with E-state index >= 15 is 0 Å². The molecule has 0 radical (unpaired) electrons. The zero-order chi connectivity index (χ0) is 15.7. The van der Waals surface area contributed by atoms with Crippen molar-refractivity contribution in [3.05, 3.63) is 21.9 Å². The van der Waals surface area contributed by atoms with Gasteiger partial charge in [0.1, 0.15) is 0 Å². The Morgan fingerprint density at radius 2 is 2.09 bits per heavy atom. The van der Waals surface area contributed by atoms with E-state index in [0.717, 1.165) is 32.5 Å². The van der Waals surface area contributed by atoms with E-state index in [1.54, 1.807) is 0 Å². The molecule has 3 unspecified atom stereocenters. The SMILES string of the molecule is CCC1c2ccsc2CCN1C(=O)CN1CC(C)OC(C)C1. The Morgan fingerprint density at radius 3 is 2.77 bits per heavy atom. The average Bonchev–Trinajstić information content (AvgIpc) is 2.93. The fraction of sp³-hybridized carbons (Fsp3) is 0.706. The van der Waals surface area contributed by atoms with Crippen LogP contribution in [0.2, 0.25) is 0 Å². The summed E-state index contributed by atoms with van der Waals surface area (Å²) >= 11 is 1.83. The molecule has 1 aromatic heterocycles. The van der Waals surface area contributed by atoms with Gasteiger partial charge in [0.2, 0.25) is 5.91 Å². The summed E-state index contributed by atoms with van der Waals surface area (Å²) in [6.07, 6.45) is 2.42. The molecule has 2 aliphatic rings. The minimum Gasteiger partial charge on any atom is -0.373 e. The molecule has 0 aromatic carbocycles. The number of nitrogens with zero attached hydrogens (tertiary/aromatic N) is 2. The highest BCUT2D eigenvalue weighted by Crippen LogP contribution is 2.35. The van der Waals surface area contributed by atoms with E-state index in [2.05, 4.69) is 42.0 Å². The minimum absolute atomic E-state index is 0.211. The van der Waals surface area contributed by atoms with E-state index in [-0.39, 0.29) is 24.2 Å². The Hall–Kier alpha value is -0.910. The molecule has 0 N–H and O–H groups in total. The van der Waals surface area contributed by atoms with Gasteiger partial charge < -0.3 is 9.64 Å². The fourth-order valence-corrected chi connectivity index (χ4v) is 4.76. The van der Waals surface area contributed by atoms with Gasteiger partial charge >= 0.3 is 0 Å². The summed E-state index contributed by atoms with van der Waals surface area (Å²) in [5, 5.41) is 2.16. The number of ether oxygens (including phenoxy) is 1. The van der Waals surface area contributed by atoms with Crippen LogP contribution >= 0.6 is 11.3 Å². The van der Waals surface area contributed by atoms with Gasteiger partial charge in [0.05, 0.1) is 24.8 Å². The van der Waals surface area contributed by atoms with Crippen LogP contribution in [-0.2, 0) is 16.0 Å². The quantitative estimate of drug-likeness (QED) is 0.858. The van der Waals surface area contributed by atoms with Crippen LogP contribution in [0, 0.1) is 0 Å². The number of fused-ring (bicyclic) bond motifs is 1. The lowest BCUT2D eigenvalue weighted by molar-refractivity contribution is -0.138. The zero-order valence-corrected chi connectivity index (χ0v) is 14.6. The molecule has 3 rings (SSSR count). The molecule has 5 heteroatoms. The van der Waals surface area contributed by atoms with Crippen LogP contribution in [0.3, 0.4) is 0 Å². The van der Waals surface area contributed by atoms with Crippen LogP contribution < -0.4 is 0 Å². The van der Waals surface area contributed by atoms with Gasteiger partial charge in [0, 0.05) is 24.5 Å². The summed E-state index contributed by atoms with van der Waals surface area (Å²) in [5.74, 6) is 0.269. The maximum Gasteiger partial charge on any atom is 0.237 e. The molecule has 1 amide bonds. The fourth-order valence-electron chi connectivity index (χ4n) is 3.83. The Balaban J connectivity index is 1.67. The van der Waals surface area contributed by atoms with Crippen molar-refractivity contribution in [1.29, 1.82) is 0 Å². The van der Waals surface area contributed by atoms with Crippen molar-refractivity contribution in [2.45, 2.75) is 51.9 Å². The van der Waals surface area contributed by atoms with Gasteiger partial charge in [-0.1, -0.05) is 6.92 Å². The second kappa shape index (κ2) is 6.69. The minimum atomic E-state index is 0.211. The van der Waals surface area contributed by atoms with E-state index in [9.17, 15) is 4.79 Å². The molecule has 3 heterocycles. The number of rotatable bonds is 3. The molecule has 0 aliphatic carbocycles. The number of carbonyl (C=O) groups excluding carboxylic acids is 1. The summed E-state index contributed by atoms with van der Waals surface area (Å²) in [7, 11) is 0. The van der Waals surface area contributed by atoms with Crippen LogP contribution in [0.4, 0.5) is 0 Å². The smallest absolute Gasteiger partial charge is 0.237 e. The van der Waals surface area contributed by atoms with Gasteiger partial charge in [-0.3, -0.25) is 9.69 Å². The van der Waals surface area contributed by atoms with Gasteiger partial charge in [-0.25, -0.2) is 0 Å². The van der Waals surface area contributed by atoms with Crippen molar-refractivity contribution in [2.75, 3.05) is 26.2 Å². The first-order valence-corrected chi connectivity index (χ1v) is 9.20. The number of amides is 1. The molecule has 1 saturated heterocycles. The van der Waals surface area contributed by atoms with Crippen LogP contribution in [0.25, 0.3) is 0 Å². The molecule has 4 nitrogen and oxygen atoms in total. The maximum atomic E-state index is 12.8. The second-order valence-electron chi connectivity index (χ2n) is 6.51.